The van der Waals surface area contributed by atoms with Gasteiger partial charge in [0.25, 0.3) is 5.91 Å². The fraction of sp³-hybridized carbons (Fsp3) is 0.444. The molecular weight excluding hydrogens is 292 g/mol. The minimum Gasteiger partial charge on any atom is -0.351 e. The van der Waals surface area contributed by atoms with E-state index in [1.165, 1.54) is 30.2 Å². The zero-order valence-corrected chi connectivity index (χ0v) is 14.2. The monoisotopic (exact) mass is 314 g/mol. The molecule has 1 amide bonds. The zero-order chi connectivity index (χ0) is 15.7. The third-order valence-electron chi connectivity index (χ3n) is 4.06. The Morgan fingerprint density at radius 2 is 1.77 bits per heavy atom. The van der Waals surface area contributed by atoms with E-state index in [0.29, 0.717) is 0 Å². The summed E-state index contributed by atoms with van der Waals surface area (Å²) in [7, 11) is 0. The number of carbonyl (C=O) groups is 1. The van der Waals surface area contributed by atoms with E-state index in [9.17, 15) is 4.79 Å². The molecule has 2 heterocycles. The van der Waals surface area contributed by atoms with Gasteiger partial charge >= 0.3 is 0 Å². The van der Waals surface area contributed by atoms with Gasteiger partial charge in [-0.25, -0.2) is 0 Å². The maximum Gasteiger partial charge on any atom is 0.286 e. The van der Waals surface area contributed by atoms with Gasteiger partial charge in [-0.2, -0.15) is 4.99 Å². The highest BCUT2D eigenvalue weighted by Gasteiger charge is 2.27. The van der Waals surface area contributed by atoms with Crippen molar-refractivity contribution in [2.24, 2.45) is 4.99 Å². The van der Waals surface area contributed by atoms with Gasteiger partial charge in [-0.15, -0.1) is 0 Å². The van der Waals surface area contributed by atoms with Crippen molar-refractivity contribution in [2.45, 2.75) is 39.0 Å². The van der Waals surface area contributed by atoms with Crippen molar-refractivity contribution in [1.29, 1.82) is 0 Å². The van der Waals surface area contributed by atoms with Gasteiger partial charge in [0.05, 0.1) is 4.91 Å². The van der Waals surface area contributed by atoms with E-state index in [0.717, 1.165) is 28.7 Å². The van der Waals surface area contributed by atoms with Gasteiger partial charge in [0.15, 0.2) is 5.17 Å². The molecule has 0 aromatic heterocycles. The lowest BCUT2D eigenvalue weighted by Crippen LogP contribution is -2.23. The summed E-state index contributed by atoms with van der Waals surface area (Å²) in [5.41, 5.74) is 2.51. The molecule has 116 valence electrons. The highest BCUT2D eigenvalue weighted by Crippen LogP contribution is 2.32. The second-order valence-electron chi connectivity index (χ2n) is 6.88. The lowest BCUT2D eigenvalue weighted by Gasteiger charge is -2.18. The van der Waals surface area contributed by atoms with Crippen LogP contribution in [0.4, 0.5) is 0 Å². The molecule has 0 radical (unpaired) electrons. The molecule has 0 unspecified atom stereocenters. The first kappa shape index (κ1) is 15.3. The molecule has 3 nitrogen and oxygen atoms in total. The number of hydrogen-bond acceptors (Lipinski definition) is 3. The summed E-state index contributed by atoms with van der Waals surface area (Å²) in [6.07, 6.45) is 4.34. The van der Waals surface area contributed by atoms with E-state index in [-0.39, 0.29) is 11.3 Å². The lowest BCUT2D eigenvalue weighted by atomic mass is 9.87. The van der Waals surface area contributed by atoms with E-state index in [4.69, 9.17) is 0 Å². The predicted octanol–water partition coefficient (Wildman–Crippen LogP) is 4.05. The molecule has 0 aliphatic carbocycles. The maximum absolute atomic E-state index is 12.1. The Hall–Kier alpha value is -1.55. The highest BCUT2D eigenvalue weighted by atomic mass is 32.2. The van der Waals surface area contributed by atoms with Gasteiger partial charge in [0.1, 0.15) is 0 Å². The number of likely N-dealkylation sites (tertiary alicyclic amines) is 1. The molecule has 1 fully saturated rings. The smallest absolute Gasteiger partial charge is 0.286 e. The maximum atomic E-state index is 12.1. The van der Waals surface area contributed by atoms with Crippen LogP contribution in [0, 0.1) is 0 Å². The fourth-order valence-electron chi connectivity index (χ4n) is 2.67. The van der Waals surface area contributed by atoms with Crippen LogP contribution >= 0.6 is 11.8 Å². The molecule has 2 aliphatic heterocycles. The summed E-state index contributed by atoms with van der Waals surface area (Å²) in [5.74, 6) is -0.105. The number of carbonyl (C=O) groups excluding carboxylic acids is 1. The Kier molecular flexibility index (Phi) is 4.13. The fourth-order valence-corrected chi connectivity index (χ4v) is 3.64. The molecule has 0 N–H and O–H groups in total. The van der Waals surface area contributed by atoms with E-state index >= 15 is 0 Å². The van der Waals surface area contributed by atoms with Crippen LogP contribution in [-0.2, 0) is 10.2 Å². The number of thioether (sulfide) groups is 1. The van der Waals surface area contributed by atoms with Crippen LogP contribution in [0.5, 0.6) is 0 Å². The van der Waals surface area contributed by atoms with Crippen molar-refractivity contribution < 1.29 is 4.79 Å². The van der Waals surface area contributed by atoms with Gasteiger partial charge < -0.3 is 4.90 Å². The summed E-state index contributed by atoms with van der Waals surface area (Å²) in [6.45, 7) is 8.65. The Balaban J connectivity index is 1.74. The number of nitrogens with zero attached hydrogens (tertiary/aromatic N) is 2. The van der Waals surface area contributed by atoms with Crippen LogP contribution < -0.4 is 0 Å². The number of amides is 1. The molecule has 0 saturated carbocycles. The van der Waals surface area contributed by atoms with E-state index in [1.807, 2.05) is 6.08 Å². The third-order valence-corrected chi connectivity index (χ3v) is 5.10. The molecule has 1 saturated heterocycles. The van der Waals surface area contributed by atoms with Crippen molar-refractivity contribution in [1.82, 2.24) is 4.90 Å². The summed E-state index contributed by atoms with van der Waals surface area (Å²) in [4.78, 5) is 19.2. The molecule has 2 aliphatic rings. The SMILES string of the molecule is CC(C)(C)c1ccc(C=C2SC(N3CCCC3)=NC2=O)cc1. The van der Waals surface area contributed by atoms with Crippen molar-refractivity contribution in [2.75, 3.05) is 13.1 Å². The van der Waals surface area contributed by atoms with Crippen LogP contribution in [0.2, 0.25) is 0 Å². The first-order valence-electron chi connectivity index (χ1n) is 7.81. The Labute approximate surface area is 136 Å². The van der Waals surface area contributed by atoms with E-state index in [2.05, 4.69) is 54.9 Å². The summed E-state index contributed by atoms with van der Waals surface area (Å²) in [6, 6.07) is 8.43. The minimum atomic E-state index is -0.105. The molecule has 0 bridgehead atoms. The number of aliphatic imine (C=N–C) groups is 1. The number of rotatable bonds is 1. The van der Waals surface area contributed by atoms with Crippen molar-refractivity contribution in [3.63, 3.8) is 0 Å². The van der Waals surface area contributed by atoms with Crippen LogP contribution in [0.25, 0.3) is 6.08 Å². The molecule has 3 rings (SSSR count). The predicted molar refractivity (Wildman–Crippen MR) is 94.0 cm³/mol. The lowest BCUT2D eigenvalue weighted by molar-refractivity contribution is -0.113. The molecule has 0 atom stereocenters. The van der Waals surface area contributed by atoms with E-state index in [1.54, 1.807) is 0 Å². The normalized spacial score (nSPS) is 20.9. The molecule has 0 spiro atoms. The Bertz CT molecular complexity index is 632. The van der Waals surface area contributed by atoms with Crippen LogP contribution in [0.15, 0.2) is 34.2 Å². The van der Waals surface area contributed by atoms with Crippen LogP contribution in [0.3, 0.4) is 0 Å². The largest absolute Gasteiger partial charge is 0.351 e. The topological polar surface area (TPSA) is 32.7 Å². The van der Waals surface area contributed by atoms with Crippen LogP contribution in [-0.4, -0.2) is 29.1 Å². The van der Waals surface area contributed by atoms with Crippen molar-refractivity contribution in [3.05, 3.63) is 40.3 Å². The first-order valence-corrected chi connectivity index (χ1v) is 8.63. The van der Waals surface area contributed by atoms with Crippen molar-refractivity contribution in [3.8, 4) is 0 Å². The van der Waals surface area contributed by atoms with Gasteiger partial charge in [-0.3, -0.25) is 4.79 Å². The van der Waals surface area contributed by atoms with Crippen molar-refractivity contribution >= 4 is 28.9 Å². The second kappa shape index (κ2) is 5.92. The van der Waals surface area contributed by atoms with Crippen LogP contribution in [0.1, 0.15) is 44.7 Å². The van der Waals surface area contributed by atoms with Gasteiger partial charge in [-0.05, 0) is 47.2 Å². The highest BCUT2D eigenvalue weighted by molar-refractivity contribution is 8.18. The zero-order valence-electron chi connectivity index (χ0n) is 13.4. The average Bonchev–Trinajstić information content (AvgIpc) is 3.09. The third kappa shape index (κ3) is 3.27. The molecule has 4 heteroatoms. The number of hydrogen-bond donors (Lipinski definition) is 0. The van der Waals surface area contributed by atoms with Gasteiger partial charge in [0.2, 0.25) is 0 Å². The van der Waals surface area contributed by atoms with Gasteiger partial charge in [0, 0.05) is 13.1 Å². The molecular formula is C18H22N2OS. The Morgan fingerprint density at radius 1 is 1.14 bits per heavy atom. The quantitative estimate of drug-likeness (QED) is 0.733. The van der Waals surface area contributed by atoms with Gasteiger partial charge in [-0.1, -0.05) is 45.0 Å². The molecule has 1 aromatic rings. The standard InChI is InChI=1S/C18H22N2OS/c1-18(2,3)14-8-6-13(7-9-14)12-15-16(21)19-17(22-15)20-10-4-5-11-20/h6-9,12H,4-5,10-11H2,1-3H3. The molecule has 1 aromatic carbocycles. The van der Waals surface area contributed by atoms with E-state index < -0.39 is 0 Å². The summed E-state index contributed by atoms with van der Waals surface area (Å²) < 4.78 is 0. The summed E-state index contributed by atoms with van der Waals surface area (Å²) >= 11 is 1.51. The number of amidine groups is 1. The summed E-state index contributed by atoms with van der Waals surface area (Å²) in [5, 5.41) is 0.875. The minimum absolute atomic E-state index is 0.105. The first-order chi connectivity index (χ1) is 10.4. The average molecular weight is 314 g/mol. The Morgan fingerprint density at radius 3 is 2.36 bits per heavy atom. The number of benzene rings is 1. The molecule has 22 heavy (non-hydrogen) atoms. The second-order valence-corrected chi connectivity index (χ2v) is 7.89.